The molecule has 0 fully saturated rings. The van der Waals surface area contributed by atoms with Crippen molar-refractivity contribution in [2.75, 3.05) is 0 Å². The Morgan fingerprint density at radius 1 is 0.559 bits per heavy atom. The van der Waals surface area contributed by atoms with Crippen LogP contribution in [0.4, 0.5) is 0 Å². The van der Waals surface area contributed by atoms with Crippen LogP contribution in [0.2, 0.25) is 0 Å². The van der Waals surface area contributed by atoms with E-state index in [2.05, 4.69) is 0 Å². The van der Waals surface area contributed by atoms with Crippen LogP contribution < -0.4 is 0 Å². The number of carbonyl (C=O) groups is 3. The first-order valence-corrected chi connectivity index (χ1v) is 11.1. The summed E-state index contributed by atoms with van der Waals surface area (Å²) in [5.74, 6) is -3.81. The largest absolute Gasteiger partial charge is 0.460 e. The Balaban J connectivity index is 1.76. The molecule has 0 saturated heterocycles. The van der Waals surface area contributed by atoms with Gasteiger partial charge in [-0.05, 0) is 11.1 Å². The maximum Gasteiger partial charge on any atom is 0.314 e. The van der Waals surface area contributed by atoms with Crippen LogP contribution in [0.1, 0.15) is 37.8 Å². The quantitative estimate of drug-likeness (QED) is 0.182. The lowest BCUT2D eigenvalue weighted by Gasteiger charge is -2.25. The van der Waals surface area contributed by atoms with Gasteiger partial charge in [0.25, 0.3) is 0 Å². The molecule has 34 heavy (non-hydrogen) atoms. The van der Waals surface area contributed by atoms with Crippen molar-refractivity contribution in [3.05, 3.63) is 144 Å². The van der Waals surface area contributed by atoms with Crippen molar-refractivity contribution in [2.24, 2.45) is 5.92 Å². The molecule has 4 nitrogen and oxygen atoms in total. The number of hydrogen-bond donors (Lipinski definition) is 0. The number of ketones is 2. The molecule has 4 aromatic rings. The van der Waals surface area contributed by atoms with E-state index < -0.39 is 29.4 Å². The van der Waals surface area contributed by atoms with Crippen molar-refractivity contribution in [3.63, 3.8) is 0 Å². The third kappa shape index (κ3) is 5.36. The van der Waals surface area contributed by atoms with Gasteiger partial charge in [0.15, 0.2) is 11.6 Å². The lowest BCUT2D eigenvalue weighted by molar-refractivity contribution is -0.147. The smallest absolute Gasteiger partial charge is 0.314 e. The number of benzene rings is 4. The highest BCUT2D eigenvalue weighted by Crippen LogP contribution is 2.32. The molecule has 0 aliphatic carbocycles. The minimum atomic E-state index is -1.27. The molecule has 0 aromatic heterocycles. The van der Waals surface area contributed by atoms with Gasteiger partial charge < -0.3 is 4.74 Å². The van der Waals surface area contributed by atoms with E-state index in [1.807, 2.05) is 36.4 Å². The number of ether oxygens (including phenoxy) is 1. The molecule has 0 amide bonds. The summed E-state index contributed by atoms with van der Waals surface area (Å²) < 4.78 is 5.65. The molecule has 0 bridgehead atoms. The van der Waals surface area contributed by atoms with Gasteiger partial charge in [0.05, 0.1) is 5.92 Å². The fraction of sp³-hybridized carbons (Fsp3) is 0.100. The Hall–Kier alpha value is -4.31. The van der Waals surface area contributed by atoms with E-state index in [1.165, 1.54) is 0 Å². The average Bonchev–Trinajstić information content (AvgIpc) is 2.91. The minimum Gasteiger partial charge on any atom is -0.460 e. The maximum absolute atomic E-state index is 13.7. The highest BCUT2D eigenvalue weighted by molar-refractivity contribution is 6.18. The van der Waals surface area contributed by atoms with Gasteiger partial charge in [0.1, 0.15) is 12.5 Å². The lowest BCUT2D eigenvalue weighted by atomic mass is 9.77. The second-order valence-corrected chi connectivity index (χ2v) is 7.92. The Morgan fingerprint density at radius 3 is 1.44 bits per heavy atom. The number of hydrogen-bond acceptors (Lipinski definition) is 4. The van der Waals surface area contributed by atoms with Gasteiger partial charge >= 0.3 is 5.97 Å². The van der Waals surface area contributed by atoms with Crippen molar-refractivity contribution in [1.82, 2.24) is 0 Å². The molecule has 0 aliphatic rings. The van der Waals surface area contributed by atoms with E-state index in [0.29, 0.717) is 16.7 Å². The first-order chi connectivity index (χ1) is 16.6. The highest BCUT2D eigenvalue weighted by atomic mass is 16.5. The van der Waals surface area contributed by atoms with Crippen LogP contribution >= 0.6 is 0 Å². The Kier molecular flexibility index (Phi) is 7.41. The van der Waals surface area contributed by atoms with Crippen molar-refractivity contribution in [3.8, 4) is 0 Å². The van der Waals surface area contributed by atoms with Gasteiger partial charge in [-0.25, -0.2) is 0 Å². The third-order valence-corrected chi connectivity index (χ3v) is 5.65. The number of Topliss-reactive ketones (excluding diaryl/α,β-unsaturated/α-hetero) is 2. The molecule has 0 radical (unpaired) electrons. The Morgan fingerprint density at radius 2 is 0.971 bits per heavy atom. The van der Waals surface area contributed by atoms with E-state index in [9.17, 15) is 14.4 Å². The zero-order valence-electron chi connectivity index (χ0n) is 18.5. The monoisotopic (exact) mass is 448 g/mol. The molecular formula is C30H24O4. The molecule has 4 heteroatoms. The number of esters is 1. The molecule has 0 heterocycles. The summed E-state index contributed by atoms with van der Waals surface area (Å²) in [6.07, 6.45) is 0. The number of rotatable bonds is 9. The average molecular weight is 449 g/mol. The van der Waals surface area contributed by atoms with Crippen molar-refractivity contribution in [1.29, 1.82) is 0 Å². The minimum absolute atomic E-state index is 0.0504. The fourth-order valence-electron chi connectivity index (χ4n) is 3.93. The predicted molar refractivity (Wildman–Crippen MR) is 130 cm³/mol. The predicted octanol–water partition coefficient (Wildman–Crippen LogP) is 5.90. The maximum atomic E-state index is 13.7. The molecule has 1 atom stereocenters. The van der Waals surface area contributed by atoms with E-state index >= 15 is 0 Å². The molecule has 1 unspecified atom stereocenters. The Labute approximate surface area is 198 Å². The summed E-state index contributed by atoms with van der Waals surface area (Å²) in [6, 6.07) is 35.4. The van der Waals surface area contributed by atoms with Gasteiger partial charge in [-0.1, -0.05) is 121 Å². The van der Waals surface area contributed by atoms with Crippen molar-refractivity contribution >= 4 is 17.5 Å². The zero-order chi connectivity index (χ0) is 23.8. The second-order valence-electron chi connectivity index (χ2n) is 7.92. The van der Waals surface area contributed by atoms with Gasteiger partial charge in [-0.2, -0.15) is 0 Å². The molecule has 0 saturated carbocycles. The highest BCUT2D eigenvalue weighted by Gasteiger charge is 2.41. The van der Waals surface area contributed by atoms with E-state index in [1.54, 1.807) is 84.9 Å². The Bertz CT molecular complexity index is 1180. The first kappa shape index (κ1) is 22.9. The van der Waals surface area contributed by atoms with Crippen LogP contribution in [0, 0.1) is 5.92 Å². The van der Waals surface area contributed by atoms with Crippen LogP contribution in [0.5, 0.6) is 0 Å². The van der Waals surface area contributed by atoms with Crippen LogP contribution in [0.25, 0.3) is 0 Å². The van der Waals surface area contributed by atoms with Gasteiger partial charge in [-0.3, -0.25) is 14.4 Å². The molecular weight excluding hydrogens is 424 g/mol. The van der Waals surface area contributed by atoms with Gasteiger partial charge in [-0.15, -0.1) is 0 Å². The van der Waals surface area contributed by atoms with E-state index in [-0.39, 0.29) is 6.61 Å². The molecule has 168 valence electrons. The summed E-state index contributed by atoms with van der Waals surface area (Å²) in [6.45, 7) is 0.0504. The molecule has 0 N–H and O–H groups in total. The second kappa shape index (κ2) is 11.0. The lowest BCUT2D eigenvalue weighted by Crippen LogP contribution is -2.35. The summed E-state index contributed by atoms with van der Waals surface area (Å²) in [5, 5.41) is 0. The topological polar surface area (TPSA) is 60.4 Å². The van der Waals surface area contributed by atoms with Crippen molar-refractivity contribution in [2.45, 2.75) is 12.5 Å². The first-order valence-electron chi connectivity index (χ1n) is 11.1. The molecule has 4 aromatic carbocycles. The number of carbonyl (C=O) groups excluding carboxylic acids is 3. The summed E-state index contributed by atoms with van der Waals surface area (Å²) in [4.78, 5) is 41.0. The summed E-state index contributed by atoms with van der Waals surface area (Å²) >= 11 is 0. The van der Waals surface area contributed by atoms with E-state index in [0.717, 1.165) is 5.56 Å². The molecule has 0 spiro atoms. The van der Waals surface area contributed by atoms with Crippen molar-refractivity contribution < 1.29 is 19.1 Å². The van der Waals surface area contributed by atoms with Crippen LogP contribution in [0.15, 0.2) is 121 Å². The van der Waals surface area contributed by atoms with E-state index in [4.69, 9.17) is 4.74 Å². The summed E-state index contributed by atoms with van der Waals surface area (Å²) in [7, 11) is 0. The fourth-order valence-corrected chi connectivity index (χ4v) is 3.93. The zero-order valence-corrected chi connectivity index (χ0v) is 18.5. The van der Waals surface area contributed by atoms with Crippen LogP contribution in [-0.2, 0) is 16.1 Å². The summed E-state index contributed by atoms with van der Waals surface area (Å²) in [5.41, 5.74) is 2.12. The van der Waals surface area contributed by atoms with Gasteiger partial charge in [0.2, 0.25) is 0 Å². The van der Waals surface area contributed by atoms with Crippen LogP contribution in [-0.4, -0.2) is 17.5 Å². The standard InChI is InChI=1S/C30H24O4/c31-28(24-17-9-3-10-18-24)27(29(32)25-19-11-4-12-20-25)26(23-15-7-2-8-16-23)30(33)34-21-22-13-5-1-6-14-22/h1-20,26-27H,21H2. The third-order valence-electron chi connectivity index (χ3n) is 5.65. The van der Waals surface area contributed by atoms with Crippen LogP contribution in [0.3, 0.4) is 0 Å². The molecule has 0 aliphatic heterocycles. The van der Waals surface area contributed by atoms with Gasteiger partial charge in [0, 0.05) is 11.1 Å². The normalized spacial score (nSPS) is 11.6. The molecule has 4 rings (SSSR count). The SMILES string of the molecule is O=C(c1ccccc1)C(C(=O)c1ccccc1)C(C(=O)OCc1ccccc1)c1ccccc1.